The van der Waals surface area contributed by atoms with E-state index in [0.717, 1.165) is 13.1 Å². The summed E-state index contributed by atoms with van der Waals surface area (Å²) in [6.45, 7) is 3.31. The van der Waals surface area contributed by atoms with Gasteiger partial charge in [-0.1, -0.05) is 0 Å². The van der Waals surface area contributed by atoms with Crippen molar-refractivity contribution in [2.24, 2.45) is 0 Å². The van der Waals surface area contributed by atoms with E-state index in [1.54, 1.807) is 0 Å². The molecule has 0 fully saturated rings. The minimum Gasteiger partial charge on any atom is -0.395 e. The van der Waals surface area contributed by atoms with Gasteiger partial charge in [-0.15, -0.1) is 0 Å². The SMILES string of the molecule is OCCNCCNCCO. The molecule has 0 bridgehead atoms. The van der Waals surface area contributed by atoms with Crippen LogP contribution in [-0.4, -0.2) is 49.6 Å². The van der Waals surface area contributed by atoms with Crippen molar-refractivity contribution in [2.45, 2.75) is 0 Å². The standard InChI is InChI=1S/C6H16N2O2/c9-5-3-7-1-2-8-4-6-10/h7-10H,1-6H2. The Morgan fingerprint density at radius 3 is 1.40 bits per heavy atom. The van der Waals surface area contributed by atoms with E-state index in [0.29, 0.717) is 13.1 Å². The molecule has 0 heterocycles. The molecular weight excluding hydrogens is 132 g/mol. The van der Waals surface area contributed by atoms with Gasteiger partial charge in [-0.3, -0.25) is 0 Å². The third-order valence-electron chi connectivity index (χ3n) is 1.06. The van der Waals surface area contributed by atoms with Gasteiger partial charge in [0.1, 0.15) is 0 Å². The summed E-state index contributed by atoms with van der Waals surface area (Å²) >= 11 is 0. The van der Waals surface area contributed by atoms with E-state index < -0.39 is 0 Å². The average molecular weight is 148 g/mol. The number of nitrogens with one attached hydrogen (secondary N) is 2. The molecule has 0 unspecified atom stereocenters. The molecule has 4 N–H and O–H groups in total. The highest BCUT2D eigenvalue weighted by molar-refractivity contribution is 4.49. The van der Waals surface area contributed by atoms with E-state index in [1.165, 1.54) is 0 Å². The zero-order valence-electron chi connectivity index (χ0n) is 6.14. The number of aliphatic hydroxyl groups is 2. The maximum absolute atomic E-state index is 8.35. The first kappa shape index (κ1) is 9.84. The topological polar surface area (TPSA) is 64.5 Å². The van der Waals surface area contributed by atoms with Crippen LogP contribution in [0.4, 0.5) is 0 Å². The molecule has 0 aliphatic carbocycles. The molecule has 0 aliphatic heterocycles. The molecule has 0 amide bonds. The van der Waals surface area contributed by atoms with Crippen LogP contribution in [0.1, 0.15) is 0 Å². The van der Waals surface area contributed by atoms with E-state index in [9.17, 15) is 0 Å². The van der Waals surface area contributed by atoms with Crippen LogP contribution in [-0.2, 0) is 0 Å². The zero-order chi connectivity index (χ0) is 7.66. The first-order valence-corrected chi connectivity index (χ1v) is 3.55. The Balaban J connectivity index is 2.65. The van der Waals surface area contributed by atoms with E-state index in [4.69, 9.17) is 10.2 Å². The molecule has 0 aromatic rings. The van der Waals surface area contributed by atoms with Crippen molar-refractivity contribution in [3.05, 3.63) is 0 Å². The Kier molecular flexibility index (Phi) is 8.70. The molecule has 4 heteroatoms. The highest BCUT2D eigenvalue weighted by Crippen LogP contribution is 1.59. The summed E-state index contributed by atoms with van der Waals surface area (Å²) in [5.41, 5.74) is 0. The molecule has 62 valence electrons. The van der Waals surface area contributed by atoms with Crippen LogP contribution in [0.15, 0.2) is 0 Å². The molecule has 0 aromatic heterocycles. The van der Waals surface area contributed by atoms with Gasteiger partial charge in [0.15, 0.2) is 0 Å². The second-order valence-electron chi connectivity index (χ2n) is 1.95. The molecule has 0 rings (SSSR count). The molecule has 4 nitrogen and oxygen atoms in total. The Morgan fingerprint density at radius 2 is 1.10 bits per heavy atom. The Morgan fingerprint density at radius 1 is 0.700 bits per heavy atom. The Hall–Kier alpha value is -0.160. The first-order chi connectivity index (χ1) is 4.91. The fourth-order valence-corrected chi connectivity index (χ4v) is 0.585. The molecular formula is C6H16N2O2. The molecule has 0 atom stereocenters. The van der Waals surface area contributed by atoms with Crippen molar-refractivity contribution in [1.82, 2.24) is 10.6 Å². The number of rotatable bonds is 7. The lowest BCUT2D eigenvalue weighted by Crippen LogP contribution is -2.30. The van der Waals surface area contributed by atoms with Crippen LogP contribution in [0.2, 0.25) is 0 Å². The zero-order valence-corrected chi connectivity index (χ0v) is 6.14. The van der Waals surface area contributed by atoms with Gasteiger partial charge in [-0.25, -0.2) is 0 Å². The summed E-state index contributed by atoms with van der Waals surface area (Å²) in [5.74, 6) is 0. The van der Waals surface area contributed by atoms with Gasteiger partial charge in [-0.05, 0) is 0 Å². The van der Waals surface area contributed by atoms with Gasteiger partial charge in [0.25, 0.3) is 0 Å². The van der Waals surface area contributed by atoms with Crippen LogP contribution >= 0.6 is 0 Å². The third-order valence-corrected chi connectivity index (χ3v) is 1.06. The Labute approximate surface area is 61.3 Å². The number of hydrogen-bond acceptors (Lipinski definition) is 4. The van der Waals surface area contributed by atoms with Gasteiger partial charge >= 0.3 is 0 Å². The van der Waals surface area contributed by atoms with Gasteiger partial charge < -0.3 is 20.8 Å². The van der Waals surface area contributed by atoms with Crippen LogP contribution in [0.3, 0.4) is 0 Å². The molecule has 0 aromatic carbocycles. The third kappa shape index (κ3) is 7.84. The molecule has 0 aliphatic rings. The van der Waals surface area contributed by atoms with Gasteiger partial charge in [0.05, 0.1) is 13.2 Å². The minimum absolute atomic E-state index is 0.181. The van der Waals surface area contributed by atoms with Gasteiger partial charge in [-0.2, -0.15) is 0 Å². The van der Waals surface area contributed by atoms with Crippen molar-refractivity contribution in [3.8, 4) is 0 Å². The maximum atomic E-state index is 8.35. The largest absolute Gasteiger partial charge is 0.395 e. The van der Waals surface area contributed by atoms with Crippen molar-refractivity contribution in [3.63, 3.8) is 0 Å². The highest BCUT2D eigenvalue weighted by atomic mass is 16.3. The second kappa shape index (κ2) is 8.84. The summed E-state index contributed by atoms with van der Waals surface area (Å²) < 4.78 is 0. The maximum Gasteiger partial charge on any atom is 0.0555 e. The first-order valence-electron chi connectivity index (χ1n) is 3.55. The molecule has 0 spiro atoms. The molecule has 0 saturated heterocycles. The van der Waals surface area contributed by atoms with E-state index in [2.05, 4.69) is 10.6 Å². The average Bonchev–Trinajstić information content (AvgIpc) is 1.97. The van der Waals surface area contributed by atoms with Crippen LogP contribution in [0.5, 0.6) is 0 Å². The van der Waals surface area contributed by atoms with Crippen LogP contribution in [0, 0.1) is 0 Å². The second-order valence-corrected chi connectivity index (χ2v) is 1.95. The summed E-state index contributed by atoms with van der Waals surface area (Å²) in [7, 11) is 0. The van der Waals surface area contributed by atoms with Crippen LogP contribution < -0.4 is 10.6 Å². The highest BCUT2D eigenvalue weighted by Gasteiger charge is 1.84. The predicted octanol–water partition coefficient (Wildman–Crippen LogP) is -1.85. The van der Waals surface area contributed by atoms with Crippen molar-refractivity contribution < 1.29 is 10.2 Å². The lowest BCUT2D eigenvalue weighted by molar-refractivity contribution is 0.286. The summed E-state index contributed by atoms with van der Waals surface area (Å²) in [4.78, 5) is 0. The van der Waals surface area contributed by atoms with E-state index in [1.807, 2.05) is 0 Å². The molecule has 0 radical (unpaired) electrons. The van der Waals surface area contributed by atoms with Crippen molar-refractivity contribution in [1.29, 1.82) is 0 Å². The van der Waals surface area contributed by atoms with Crippen molar-refractivity contribution >= 4 is 0 Å². The summed E-state index contributed by atoms with van der Waals surface area (Å²) in [5, 5.41) is 22.7. The Bertz CT molecular complexity index is 53.7. The van der Waals surface area contributed by atoms with E-state index >= 15 is 0 Å². The minimum atomic E-state index is 0.181. The normalized spacial score (nSPS) is 10.2. The van der Waals surface area contributed by atoms with Crippen LogP contribution in [0.25, 0.3) is 0 Å². The lowest BCUT2D eigenvalue weighted by atomic mass is 10.5. The summed E-state index contributed by atoms with van der Waals surface area (Å²) in [6.07, 6.45) is 0. The fraction of sp³-hybridized carbons (Fsp3) is 1.00. The van der Waals surface area contributed by atoms with Gasteiger partial charge in [0, 0.05) is 26.2 Å². The van der Waals surface area contributed by atoms with Gasteiger partial charge in [0.2, 0.25) is 0 Å². The van der Waals surface area contributed by atoms with Crippen molar-refractivity contribution in [2.75, 3.05) is 39.4 Å². The monoisotopic (exact) mass is 148 g/mol. The lowest BCUT2D eigenvalue weighted by Gasteiger charge is -2.02. The fourth-order valence-electron chi connectivity index (χ4n) is 0.585. The molecule has 10 heavy (non-hydrogen) atoms. The molecule has 0 saturated carbocycles. The number of aliphatic hydroxyl groups excluding tert-OH is 2. The predicted molar refractivity (Wildman–Crippen MR) is 39.9 cm³/mol. The van der Waals surface area contributed by atoms with E-state index in [-0.39, 0.29) is 13.2 Å². The summed E-state index contributed by atoms with van der Waals surface area (Å²) in [6, 6.07) is 0. The number of hydrogen-bond donors (Lipinski definition) is 4. The smallest absolute Gasteiger partial charge is 0.0555 e. The quantitative estimate of drug-likeness (QED) is 0.320.